The largest absolute Gasteiger partial charge is 0.486 e. The van der Waals surface area contributed by atoms with Gasteiger partial charge in [0, 0.05) is 25.1 Å². The third kappa shape index (κ3) is 4.34. The van der Waals surface area contributed by atoms with E-state index in [1.807, 2.05) is 37.3 Å². The van der Waals surface area contributed by atoms with Crippen molar-refractivity contribution in [3.63, 3.8) is 0 Å². The average molecular weight is 397 g/mol. The van der Waals surface area contributed by atoms with Crippen LogP contribution in [0.1, 0.15) is 24.2 Å². The van der Waals surface area contributed by atoms with Gasteiger partial charge >= 0.3 is 0 Å². The highest BCUT2D eigenvalue weighted by Crippen LogP contribution is 2.31. The summed E-state index contributed by atoms with van der Waals surface area (Å²) in [6.45, 7) is 3.65. The van der Waals surface area contributed by atoms with E-state index in [-0.39, 0.29) is 16.6 Å². The van der Waals surface area contributed by atoms with Crippen molar-refractivity contribution < 1.29 is 13.2 Å². The molecule has 3 rings (SSSR count). The lowest BCUT2D eigenvalue weighted by molar-refractivity contribution is 0.226. The van der Waals surface area contributed by atoms with Crippen molar-refractivity contribution >= 4 is 9.84 Å². The van der Waals surface area contributed by atoms with E-state index in [0.29, 0.717) is 16.9 Å². The number of aromatic nitrogens is 1. The van der Waals surface area contributed by atoms with Gasteiger partial charge in [-0.15, -0.1) is 0 Å². The molecule has 5 nitrogen and oxygen atoms in total. The van der Waals surface area contributed by atoms with Crippen LogP contribution >= 0.6 is 0 Å². The standard InChI is InChI=1S/C22H23NO4S/c1-15-10-19(14-23(3)22(15)24)18-11-20(13-21(12-18)28(4,25)26)27-16(2)17-8-6-5-7-9-17/h5-14,16H,1-4H3/t16-/m1/s1. The predicted octanol–water partition coefficient (Wildman–Crippen LogP) is 3.90. The number of ether oxygens (including phenoxy) is 1. The van der Waals surface area contributed by atoms with Gasteiger partial charge in [-0.2, -0.15) is 0 Å². The Kier molecular flexibility index (Phi) is 5.42. The quantitative estimate of drug-likeness (QED) is 0.655. The average Bonchev–Trinajstić information content (AvgIpc) is 2.65. The number of sulfone groups is 1. The fourth-order valence-electron chi connectivity index (χ4n) is 3.05. The van der Waals surface area contributed by atoms with E-state index >= 15 is 0 Å². The first kappa shape index (κ1) is 19.9. The summed E-state index contributed by atoms with van der Waals surface area (Å²) < 4.78 is 31.9. The zero-order chi connectivity index (χ0) is 20.5. The highest BCUT2D eigenvalue weighted by Gasteiger charge is 2.15. The van der Waals surface area contributed by atoms with E-state index in [9.17, 15) is 13.2 Å². The van der Waals surface area contributed by atoms with Gasteiger partial charge in [-0.25, -0.2) is 8.42 Å². The summed E-state index contributed by atoms with van der Waals surface area (Å²) in [6.07, 6.45) is 2.62. The molecule has 0 aliphatic rings. The maximum Gasteiger partial charge on any atom is 0.253 e. The van der Waals surface area contributed by atoms with Gasteiger partial charge in [0.1, 0.15) is 11.9 Å². The summed E-state index contributed by atoms with van der Waals surface area (Å²) in [7, 11) is -1.76. The molecule has 0 bridgehead atoms. The van der Waals surface area contributed by atoms with Crippen LogP contribution in [0.25, 0.3) is 11.1 Å². The van der Waals surface area contributed by atoms with Gasteiger partial charge in [-0.05, 0) is 54.8 Å². The Labute approximate surface area is 165 Å². The molecule has 146 valence electrons. The first-order valence-electron chi connectivity index (χ1n) is 8.89. The summed E-state index contributed by atoms with van der Waals surface area (Å²) in [5, 5.41) is 0. The summed E-state index contributed by atoms with van der Waals surface area (Å²) in [4.78, 5) is 12.2. The second-order valence-electron chi connectivity index (χ2n) is 6.96. The number of nitrogens with zero attached hydrogens (tertiary/aromatic N) is 1. The van der Waals surface area contributed by atoms with Crippen molar-refractivity contribution in [3.05, 3.63) is 82.3 Å². The second kappa shape index (κ2) is 7.64. The summed E-state index contributed by atoms with van der Waals surface area (Å²) in [6, 6.07) is 16.4. The van der Waals surface area contributed by atoms with Crippen molar-refractivity contribution in [3.8, 4) is 16.9 Å². The van der Waals surface area contributed by atoms with E-state index in [1.54, 1.807) is 38.4 Å². The zero-order valence-corrected chi connectivity index (χ0v) is 17.2. The molecule has 0 aliphatic carbocycles. The Bertz CT molecular complexity index is 1140. The molecular formula is C22H23NO4S. The van der Waals surface area contributed by atoms with Crippen LogP contribution in [0.5, 0.6) is 5.75 Å². The number of pyridine rings is 1. The number of hydrogen-bond donors (Lipinski definition) is 0. The highest BCUT2D eigenvalue weighted by molar-refractivity contribution is 7.90. The lowest BCUT2D eigenvalue weighted by Crippen LogP contribution is -2.18. The molecular weight excluding hydrogens is 374 g/mol. The minimum Gasteiger partial charge on any atom is -0.486 e. The van der Waals surface area contributed by atoms with E-state index in [4.69, 9.17) is 4.74 Å². The van der Waals surface area contributed by atoms with Gasteiger partial charge in [-0.3, -0.25) is 4.79 Å². The molecule has 1 aromatic heterocycles. The number of aryl methyl sites for hydroxylation is 2. The first-order chi connectivity index (χ1) is 13.1. The number of rotatable bonds is 5. The van der Waals surface area contributed by atoms with Crippen LogP contribution in [-0.4, -0.2) is 19.2 Å². The fraction of sp³-hybridized carbons (Fsp3) is 0.227. The number of benzene rings is 2. The SMILES string of the molecule is Cc1cc(-c2cc(O[C@H](C)c3ccccc3)cc(S(C)(=O)=O)c2)cn(C)c1=O. The topological polar surface area (TPSA) is 65.4 Å². The lowest BCUT2D eigenvalue weighted by Gasteiger charge is -2.17. The van der Waals surface area contributed by atoms with E-state index < -0.39 is 9.84 Å². The van der Waals surface area contributed by atoms with E-state index in [0.717, 1.165) is 11.1 Å². The molecule has 0 aliphatic heterocycles. The molecule has 0 fully saturated rings. The van der Waals surface area contributed by atoms with Crippen molar-refractivity contribution in [2.24, 2.45) is 7.05 Å². The molecule has 0 radical (unpaired) electrons. The van der Waals surface area contributed by atoms with E-state index in [1.165, 1.54) is 16.9 Å². The second-order valence-corrected chi connectivity index (χ2v) is 8.98. The van der Waals surface area contributed by atoms with Crippen molar-refractivity contribution in [2.75, 3.05) is 6.26 Å². The molecule has 3 aromatic rings. The van der Waals surface area contributed by atoms with Gasteiger partial charge in [-0.1, -0.05) is 30.3 Å². The van der Waals surface area contributed by atoms with Gasteiger partial charge in [0.05, 0.1) is 4.90 Å². The molecule has 0 spiro atoms. The van der Waals surface area contributed by atoms with Crippen molar-refractivity contribution in [1.29, 1.82) is 0 Å². The van der Waals surface area contributed by atoms with Gasteiger partial charge in [0.2, 0.25) is 0 Å². The third-order valence-electron chi connectivity index (χ3n) is 4.59. The summed E-state index contributed by atoms with van der Waals surface area (Å²) in [5.74, 6) is 0.459. The zero-order valence-electron chi connectivity index (χ0n) is 16.3. The van der Waals surface area contributed by atoms with Gasteiger partial charge < -0.3 is 9.30 Å². The number of hydrogen-bond acceptors (Lipinski definition) is 4. The molecule has 0 unspecified atom stereocenters. The normalized spacial score (nSPS) is 12.6. The Morgan fingerprint density at radius 3 is 2.29 bits per heavy atom. The molecule has 1 atom stereocenters. The maximum atomic E-state index is 12.2. The van der Waals surface area contributed by atoms with Crippen LogP contribution in [-0.2, 0) is 16.9 Å². The van der Waals surface area contributed by atoms with Crippen molar-refractivity contribution in [2.45, 2.75) is 24.8 Å². The van der Waals surface area contributed by atoms with Crippen LogP contribution in [0, 0.1) is 6.92 Å². The predicted molar refractivity (Wildman–Crippen MR) is 110 cm³/mol. The van der Waals surface area contributed by atoms with Gasteiger partial charge in [0.15, 0.2) is 9.84 Å². The molecule has 6 heteroatoms. The molecule has 28 heavy (non-hydrogen) atoms. The molecule has 2 aromatic carbocycles. The fourth-order valence-corrected chi connectivity index (χ4v) is 3.72. The van der Waals surface area contributed by atoms with Crippen molar-refractivity contribution in [1.82, 2.24) is 4.57 Å². The van der Waals surface area contributed by atoms with Crippen LogP contribution in [0.3, 0.4) is 0 Å². The minimum absolute atomic E-state index is 0.0859. The molecule has 0 saturated heterocycles. The molecule has 1 heterocycles. The molecule has 0 N–H and O–H groups in total. The Morgan fingerprint density at radius 2 is 1.68 bits per heavy atom. The van der Waals surface area contributed by atoms with Gasteiger partial charge in [0.25, 0.3) is 5.56 Å². The third-order valence-corrected chi connectivity index (χ3v) is 5.68. The Balaban J connectivity index is 2.09. The lowest BCUT2D eigenvalue weighted by atomic mass is 10.1. The van der Waals surface area contributed by atoms with E-state index in [2.05, 4.69) is 0 Å². The maximum absolute atomic E-state index is 12.2. The van der Waals surface area contributed by atoms with Crippen LogP contribution in [0.2, 0.25) is 0 Å². The summed E-state index contributed by atoms with van der Waals surface area (Å²) >= 11 is 0. The smallest absolute Gasteiger partial charge is 0.253 e. The highest BCUT2D eigenvalue weighted by atomic mass is 32.2. The minimum atomic E-state index is -3.43. The van der Waals surface area contributed by atoms with Crippen LogP contribution in [0.15, 0.2) is 70.5 Å². The Morgan fingerprint density at radius 1 is 1.00 bits per heavy atom. The summed E-state index contributed by atoms with van der Waals surface area (Å²) in [5.41, 5.74) is 2.92. The first-order valence-corrected chi connectivity index (χ1v) is 10.8. The monoisotopic (exact) mass is 397 g/mol. The molecule has 0 saturated carbocycles. The van der Waals surface area contributed by atoms with Crippen LogP contribution in [0.4, 0.5) is 0 Å². The Hall–Kier alpha value is -2.86. The van der Waals surface area contributed by atoms with Crippen LogP contribution < -0.4 is 10.3 Å². The molecule has 0 amide bonds.